The summed E-state index contributed by atoms with van der Waals surface area (Å²) in [6.45, 7) is 0. The normalized spacial score (nSPS) is 10.5. The van der Waals surface area contributed by atoms with Crippen molar-refractivity contribution in [2.24, 2.45) is 0 Å². The first-order valence-electron chi connectivity index (χ1n) is 5.37. The van der Waals surface area contributed by atoms with Crippen LogP contribution >= 0.6 is 11.3 Å². The van der Waals surface area contributed by atoms with E-state index in [1.54, 1.807) is 19.6 Å². The topological polar surface area (TPSA) is 48.2 Å². The molecule has 0 spiro atoms. The number of methoxy groups -OCH3 is 1. The van der Waals surface area contributed by atoms with E-state index in [1.807, 2.05) is 30.3 Å². The lowest BCUT2D eigenvalue weighted by Crippen LogP contribution is -1.83. The number of rotatable bonds is 3. The van der Waals surface area contributed by atoms with E-state index in [-0.39, 0.29) is 0 Å². The van der Waals surface area contributed by atoms with E-state index in [4.69, 9.17) is 9.15 Å². The highest BCUT2D eigenvalue weighted by atomic mass is 32.1. The van der Waals surface area contributed by atoms with Gasteiger partial charge in [0.25, 0.3) is 0 Å². The van der Waals surface area contributed by atoms with Gasteiger partial charge < -0.3 is 9.15 Å². The molecule has 1 aromatic carbocycles. The quantitative estimate of drug-likeness (QED) is 0.721. The molecule has 18 heavy (non-hydrogen) atoms. The van der Waals surface area contributed by atoms with Gasteiger partial charge in [-0.1, -0.05) is 23.5 Å². The maximum Gasteiger partial charge on any atom is 0.151 e. The number of nitrogens with zero attached hydrogens (tertiary/aromatic N) is 2. The molecule has 0 aliphatic carbocycles. The van der Waals surface area contributed by atoms with Crippen LogP contribution in [-0.2, 0) is 0 Å². The fraction of sp³-hybridized carbons (Fsp3) is 0.0769. The summed E-state index contributed by atoms with van der Waals surface area (Å²) in [5, 5.41) is 10.1. The molecule has 2 aromatic heterocycles. The Morgan fingerprint density at radius 2 is 1.94 bits per heavy atom. The Bertz CT molecular complexity index is 647. The molecule has 0 saturated heterocycles. The third-order valence-corrected chi connectivity index (χ3v) is 3.53. The van der Waals surface area contributed by atoms with Crippen LogP contribution in [0.2, 0.25) is 0 Å². The number of ether oxygens (including phenoxy) is 1. The van der Waals surface area contributed by atoms with Gasteiger partial charge in [0.05, 0.1) is 18.9 Å². The van der Waals surface area contributed by atoms with E-state index < -0.39 is 0 Å². The zero-order chi connectivity index (χ0) is 12.4. The summed E-state index contributed by atoms with van der Waals surface area (Å²) >= 11 is 1.53. The highest BCUT2D eigenvalue weighted by Crippen LogP contribution is 2.31. The maximum atomic E-state index is 5.20. The van der Waals surface area contributed by atoms with E-state index in [9.17, 15) is 0 Å². The van der Waals surface area contributed by atoms with Crippen LogP contribution in [0.4, 0.5) is 0 Å². The van der Waals surface area contributed by atoms with Crippen molar-refractivity contribution in [2.75, 3.05) is 7.11 Å². The second kappa shape index (κ2) is 4.62. The van der Waals surface area contributed by atoms with Crippen molar-refractivity contribution in [3.8, 4) is 26.9 Å². The summed E-state index contributed by atoms with van der Waals surface area (Å²) in [5.74, 6) is 0.813. The van der Waals surface area contributed by atoms with Crippen LogP contribution in [0.3, 0.4) is 0 Å². The lowest BCUT2D eigenvalue weighted by atomic mass is 10.2. The Morgan fingerprint density at radius 1 is 1.11 bits per heavy atom. The van der Waals surface area contributed by atoms with E-state index in [0.717, 1.165) is 26.9 Å². The van der Waals surface area contributed by atoms with Crippen LogP contribution in [-0.4, -0.2) is 17.3 Å². The Labute approximate surface area is 108 Å². The molecule has 4 nitrogen and oxygen atoms in total. The van der Waals surface area contributed by atoms with Crippen molar-refractivity contribution in [2.45, 2.75) is 0 Å². The molecular formula is C13H10N2O2S. The zero-order valence-corrected chi connectivity index (χ0v) is 10.5. The maximum absolute atomic E-state index is 5.20. The molecule has 3 rings (SSSR count). The molecule has 5 heteroatoms. The van der Waals surface area contributed by atoms with Gasteiger partial charge in [0.1, 0.15) is 17.0 Å². The van der Waals surface area contributed by atoms with Crippen molar-refractivity contribution in [1.82, 2.24) is 10.2 Å². The minimum absolute atomic E-state index is 0.813. The zero-order valence-electron chi connectivity index (χ0n) is 9.66. The highest BCUT2D eigenvalue weighted by Gasteiger charge is 2.09. The first kappa shape index (κ1) is 11.0. The summed E-state index contributed by atoms with van der Waals surface area (Å²) in [4.78, 5) is 0. The summed E-state index contributed by atoms with van der Waals surface area (Å²) in [7, 11) is 1.65. The molecule has 0 fully saturated rings. The van der Waals surface area contributed by atoms with Crippen LogP contribution in [0, 0.1) is 0 Å². The van der Waals surface area contributed by atoms with Gasteiger partial charge in [-0.05, 0) is 18.2 Å². The van der Waals surface area contributed by atoms with Gasteiger partial charge in [-0.25, -0.2) is 0 Å². The average molecular weight is 258 g/mol. The average Bonchev–Trinajstić information content (AvgIpc) is 3.09. The number of furan rings is 1. The van der Waals surface area contributed by atoms with Crippen LogP contribution in [0.1, 0.15) is 0 Å². The molecule has 3 aromatic rings. The van der Waals surface area contributed by atoms with Crippen LogP contribution in [0.25, 0.3) is 21.1 Å². The largest absolute Gasteiger partial charge is 0.497 e. The lowest BCUT2D eigenvalue weighted by molar-refractivity contribution is 0.415. The Hall–Kier alpha value is -2.14. The van der Waals surface area contributed by atoms with Crippen molar-refractivity contribution in [1.29, 1.82) is 0 Å². The standard InChI is InChI=1S/C13H10N2O2S/c1-16-11-4-2-3-9(7-11)12-14-15-13(18-12)10-5-6-17-8-10/h2-8H,1H3. The Balaban J connectivity index is 1.97. The number of benzene rings is 1. The van der Waals surface area contributed by atoms with Gasteiger partial charge in [-0.3, -0.25) is 0 Å². The van der Waals surface area contributed by atoms with Crippen molar-refractivity contribution in [3.05, 3.63) is 42.9 Å². The highest BCUT2D eigenvalue weighted by molar-refractivity contribution is 7.17. The molecule has 0 unspecified atom stereocenters. The van der Waals surface area contributed by atoms with Crippen LogP contribution in [0.5, 0.6) is 5.75 Å². The van der Waals surface area contributed by atoms with Crippen molar-refractivity contribution in [3.63, 3.8) is 0 Å². The molecule has 2 heterocycles. The number of aromatic nitrogens is 2. The third-order valence-electron chi connectivity index (χ3n) is 2.51. The van der Waals surface area contributed by atoms with Gasteiger partial charge in [0.2, 0.25) is 0 Å². The molecule has 0 aliphatic rings. The lowest BCUT2D eigenvalue weighted by Gasteiger charge is -2.00. The minimum Gasteiger partial charge on any atom is -0.497 e. The number of hydrogen-bond acceptors (Lipinski definition) is 5. The van der Waals surface area contributed by atoms with Crippen LogP contribution in [0.15, 0.2) is 47.3 Å². The van der Waals surface area contributed by atoms with Crippen LogP contribution < -0.4 is 4.74 Å². The van der Waals surface area contributed by atoms with Gasteiger partial charge in [-0.15, -0.1) is 10.2 Å². The molecule has 0 bridgehead atoms. The van der Waals surface area contributed by atoms with Gasteiger partial charge >= 0.3 is 0 Å². The van der Waals surface area contributed by atoms with Gasteiger partial charge in [0.15, 0.2) is 5.01 Å². The fourth-order valence-corrected chi connectivity index (χ4v) is 2.42. The van der Waals surface area contributed by atoms with Crippen molar-refractivity contribution >= 4 is 11.3 Å². The summed E-state index contributed by atoms with van der Waals surface area (Å²) in [5.41, 5.74) is 1.95. The predicted molar refractivity (Wildman–Crippen MR) is 69.6 cm³/mol. The molecule has 0 aliphatic heterocycles. The van der Waals surface area contributed by atoms with E-state index in [1.165, 1.54) is 11.3 Å². The van der Waals surface area contributed by atoms with E-state index in [0.29, 0.717) is 0 Å². The second-order valence-electron chi connectivity index (χ2n) is 3.66. The minimum atomic E-state index is 0.813. The third kappa shape index (κ3) is 2.00. The second-order valence-corrected chi connectivity index (χ2v) is 4.63. The van der Waals surface area contributed by atoms with E-state index >= 15 is 0 Å². The molecule has 90 valence electrons. The summed E-state index contributed by atoms with van der Waals surface area (Å²) in [6, 6.07) is 9.65. The van der Waals surface area contributed by atoms with Gasteiger partial charge in [-0.2, -0.15) is 0 Å². The number of hydrogen-bond donors (Lipinski definition) is 0. The molecule has 0 N–H and O–H groups in total. The Kier molecular flexibility index (Phi) is 2.82. The summed E-state index contributed by atoms with van der Waals surface area (Å²) < 4.78 is 10.2. The first-order chi connectivity index (χ1) is 8.86. The molecule has 0 radical (unpaired) electrons. The predicted octanol–water partition coefficient (Wildman–Crippen LogP) is 3.47. The first-order valence-corrected chi connectivity index (χ1v) is 6.19. The monoisotopic (exact) mass is 258 g/mol. The SMILES string of the molecule is COc1cccc(-c2nnc(-c3ccoc3)s2)c1. The molecule has 0 saturated carbocycles. The van der Waals surface area contributed by atoms with Crippen molar-refractivity contribution < 1.29 is 9.15 Å². The fourth-order valence-electron chi connectivity index (χ4n) is 1.60. The summed E-state index contributed by atoms with van der Waals surface area (Å²) in [6.07, 6.45) is 3.29. The molecule has 0 amide bonds. The Morgan fingerprint density at radius 3 is 2.67 bits per heavy atom. The molecule has 0 atom stereocenters. The van der Waals surface area contributed by atoms with E-state index in [2.05, 4.69) is 10.2 Å². The smallest absolute Gasteiger partial charge is 0.151 e. The molecular weight excluding hydrogens is 248 g/mol. The van der Waals surface area contributed by atoms with Gasteiger partial charge in [0, 0.05) is 5.56 Å².